The topological polar surface area (TPSA) is 0 Å². The Labute approximate surface area is 256 Å². The van der Waals surface area contributed by atoms with Crippen LogP contribution in [-0.2, 0) is 21.7 Å². The van der Waals surface area contributed by atoms with Crippen LogP contribution in [0.25, 0.3) is 0 Å². The van der Waals surface area contributed by atoms with Gasteiger partial charge in [-0.25, -0.2) is 22.5 Å². The molecule has 2 aromatic carbocycles. The van der Waals surface area contributed by atoms with Gasteiger partial charge in [-0.3, -0.25) is 0 Å². The zero-order valence-corrected chi connectivity index (χ0v) is 36.4. The van der Waals surface area contributed by atoms with Crippen molar-refractivity contribution < 1.29 is 21.7 Å². The summed E-state index contributed by atoms with van der Waals surface area (Å²) in [5.74, 6) is 0. The van der Waals surface area contributed by atoms with Crippen molar-refractivity contribution in [1.82, 2.24) is 0 Å². The molecule has 0 N–H and O–H groups in total. The first-order valence-electron chi connectivity index (χ1n) is 13.3. The van der Waals surface area contributed by atoms with E-state index >= 15 is 0 Å². The van der Waals surface area contributed by atoms with Gasteiger partial charge < -0.3 is 14.9 Å². The fraction of sp³-hybridized carbons (Fsp3) is 0.600. The van der Waals surface area contributed by atoms with Crippen molar-refractivity contribution in [3.8, 4) is 0 Å². The summed E-state index contributed by atoms with van der Waals surface area (Å²) in [6.07, 6.45) is 0. The Morgan fingerprint density at radius 2 is 0.622 bits per heavy atom. The zero-order chi connectivity index (χ0) is 27.3. The molecule has 0 aromatic heterocycles. The normalized spacial score (nSPS) is 13.0. The van der Waals surface area contributed by atoms with Crippen molar-refractivity contribution in [2.75, 3.05) is 0 Å². The molecule has 2 aromatic rings. The van der Waals surface area contributed by atoms with Gasteiger partial charge >= 0.3 is 21.7 Å². The van der Waals surface area contributed by atoms with E-state index in [2.05, 4.69) is 142 Å². The second kappa shape index (κ2) is 13.6. The standard InChI is InChI=1S/2C14H29Si3.2CH3.Ti/c2*1-15(2,3)12-10-13(16(4,5)6)14(11-12)17(7,8)9;;;/h2*10-11H,1-9H3;2*1H3;/q4*-1;+4. The van der Waals surface area contributed by atoms with E-state index in [1.54, 1.807) is 31.1 Å². The molecule has 2 rings (SSSR count). The van der Waals surface area contributed by atoms with E-state index in [4.69, 9.17) is 0 Å². The maximum absolute atomic E-state index is 2.58. The summed E-state index contributed by atoms with van der Waals surface area (Å²) >= 11 is 0. The summed E-state index contributed by atoms with van der Waals surface area (Å²) < 4.78 is 0. The molecule has 0 radical (unpaired) electrons. The first-order chi connectivity index (χ1) is 14.7. The number of hydrogen-bond acceptors (Lipinski definition) is 0. The average Bonchev–Trinajstić information content (AvgIpc) is 3.18. The van der Waals surface area contributed by atoms with Crippen LogP contribution in [0.1, 0.15) is 0 Å². The van der Waals surface area contributed by atoms with Gasteiger partial charge in [0.1, 0.15) is 0 Å². The third-order valence-electron chi connectivity index (χ3n) is 6.74. The van der Waals surface area contributed by atoms with E-state index in [9.17, 15) is 0 Å². The Morgan fingerprint density at radius 1 is 0.405 bits per heavy atom. The van der Waals surface area contributed by atoms with Gasteiger partial charge in [0.2, 0.25) is 0 Å². The molecule has 0 aliphatic carbocycles. The Hall–Kier alpha value is 0.716. The fourth-order valence-corrected chi connectivity index (χ4v) is 17.6. The minimum atomic E-state index is -1.19. The maximum Gasteiger partial charge on any atom is 4.00 e. The van der Waals surface area contributed by atoms with Crippen molar-refractivity contribution in [2.45, 2.75) is 118 Å². The minimum absolute atomic E-state index is 0. The van der Waals surface area contributed by atoms with Gasteiger partial charge in [-0.1, -0.05) is 118 Å². The maximum atomic E-state index is 2.58. The Bertz CT molecular complexity index is 814. The molecule has 0 atom stereocenters. The van der Waals surface area contributed by atoms with Crippen LogP contribution < -0.4 is 31.1 Å². The summed E-state index contributed by atoms with van der Waals surface area (Å²) in [5, 5.41) is 10.3. The van der Waals surface area contributed by atoms with Gasteiger partial charge in [0.05, 0.1) is 16.1 Å². The number of hydrogen-bond donors (Lipinski definition) is 0. The van der Waals surface area contributed by atoms with Gasteiger partial charge in [0.25, 0.3) is 0 Å². The van der Waals surface area contributed by atoms with Crippen LogP contribution in [0, 0.1) is 14.9 Å². The van der Waals surface area contributed by atoms with Crippen molar-refractivity contribution in [2.24, 2.45) is 0 Å². The molecule has 0 amide bonds. The van der Waals surface area contributed by atoms with E-state index in [1.807, 2.05) is 0 Å². The molecular formula is C30H64Si6Ti. The van der Waals surface area contributed by atoms with E-state index in [0.717, 1.165) is 0 Å². The molecule has 0 nitrogen and oxygen atoms in total. The quantitative estimate of drug-likeness (QED) is 0.236. The summed E-state index contributed by atoms with van der Waals surface area (Å²) in [5.41, 5.74) is 0. The summed E-state index contributed by atoms with van der Waals surface area (Å²) in [4.78, 5) is 0. The molecule has 37 heavy (non-hydrogen) atoms. The van der Waals surface area contributed by atoms with Crippen LogP contribution in [0.5, 0.6) is 0 Å². The molecule has 212 valence electrons. The fourth-order valence-electron chi connectivity index (χ4n) is 4.36. The molecule has 0 bridgehead atoms. The van der Waals surface area contributed by atoms with E-state index in [1.165, 1.54) is 0 Å². The third-order valence-corrected chi connectivity index (χ3v) is 19.4. The average molecular weight is 641 g/mol. The molecule has 0 fully saturated rings. The van der Waals surface area contributed by atoms with Gasteiger partial charge in [-0.15, -0.1) is 0 Å². The largest absolute Gasteiger partial charge is 4.00 e. The Balaban J connectivity index is -0.000000578. The van der Waals surface area contributed by atoms with Gasteiger partial charge in [-0.2, -0.15) is 32.9 Å². The van der Waals surface area contributed by atoms with Crippen molar-refractivity contribution in [3.63, 3.8) is 0 Å². The summed E-state index contributed by atoms with van der Waals surface area (Å²) in [7, 11) is -7.07. The molecule has 0 saturated heterocycles. The van der Waals surface area contributed by atoms with Gasteiger partial charge in [0.15, 0.2) is 0 Å². The van der Waals surface area contributed by atoms with Crippen LogP contribution in [0.4, 0.5) is 0 Å². The van der Waals surface area contributed by atoms with E-state index < -0.39 is 48.4 Å². The summed E-state index contributed by atoms with van der Waals surface area (Å²) in [6, 6.07) is 10.3. The second-order valence-electron chi connectivity index (χ2n) is 16.6. The predicted octanol–water partition coefficient (Wildman–Crippen LogP) is 6.98. The van der Waals surface area contributed by atoms with Crippen molar-refractivity contribution in [1.29, 1.82) is 0 Å². The van der Waals surface area contributed by atoms with Crippen LogP contribution in [0.3, 0.4) is 0 Å². The smallest absolute Gasteiger partial charge is 0.358 e. The summed E-state index contributed by atoms with van der Waals surface area (Å²) in [6.45, 7) is 44.6. The Kier molecular flexibility index (Phi) is 15.5. The van der Waals surface area contributed by atoms with E-state index in [0.29, 0.717) is 0 Å². The number of rotatable bonds is 6. The molecule has 0 spiro atoms. The van der Waals surface area contributed by atoms with E-state index in [-0.39, 0.29) is 36.6 Å². The molecule has 0 unspecified atom stereocenters. The second-order valence-corrected chi connectivity index (χ2v) is 47.0. The molecular weight excluding hydrogens is 577 g/mol. The minimum Gasteiger partial charge on any atom is -0.358 e. The van der Waals surface area contributed by atoms with Crippen molar-refractivity contribution >= 4 is 79.6 Å². The SMILES string of the molecule is C[Si](C)(C)c1cc([Si](C)(C)C)[c-]([Si](C)(C)C)c1.C[Si](C)(C)c1cc([Si](C)(C)C)[c-]([Si](C)(C)C)c1.[CH3-].[CH3-].[Ti+4]. The van der Waals surface area contributed by atoms with Crippen LogP contribution in [0.15, 0.2) is 24.3 Å². The Morgan fingerprint density at radius 3 is 0.730 bits per heavy atom. The monoisotopic (exact) mass is 640 g/mol. The van der Waals surface area contributed by atoms with Crippen molar-refractivity contribution in [3.05, 3.63) is 39.1 Å². The third kappa shape index (κ3) is 12.0. The van der Waals surface area contributed by atoms with Crippen LogP contribution in [0.2, 0.25) is 118 Å². The predicted molar refractivity (Wildman–Crippen MR) is 195 cm³/mol. The van der Waals surface area contributed by atoms with Gasteiger partial charge in [-0.05, 0) is 0 Å². The van der Waals surface area contributed by atoms with Gasteiger partial charge in [0, 0.05) is 32.3 Å². The first-order valence-corrected chi connectivity index (χ1v) is 34.3. The molecule has 0 aliphatic heterocycles. The van der Waals surface area contributed by atoms with Crippen LogP contribution in [-0.4, -0.2) is 48.4 Å². The molecule has 7 heteroatoms. The zero-order valence-electron chi connectivity index (χ0n) is 28.8. The molecule has 0 heterocycles. The first kappa shape index (κ1) is 42.2. The molecule has 0 aliphatic rings. The molecule has 0 saturated carbocycles. The van der Waals surface area contributed by atoms with Crippen LogP contribution >= 0.6 is 0 Å².